The highest BCUT2D eigenvalue weighted by Gasteiger charge is 2.45. The van der Waals surface area contributed by atoms with E-state index in [4.69, 9.17) is 23.4 Å². The molecule has 10 heteroatoms. The van der Waals surface area contributed by atoms with Crippen molar-refractivity contribution in [2.45, 2.75) is 30.7 Å². The van der Waals surface area contributed by atoms with Crippen LogP contribution in [-0.4, -0.2) is 72.0 Å². The maximum absolute atomic E-state index is 11.5. The third-order valence-corrected chi connectivity index (χ3v) is 4.30. The zero-order chi connectivity index (χ0) is 19.7. The Morgan fingerprint density at radius 1 is 1.04 bits per heavy atom. The van der Waals surface area contributed by atoms with Crippen molar-refractivity contribution in [1.29, 1.82) is 0 Å². The van der Waals surface area contributed by atoms with Crippen molar-refractivity contribution in [3.63, 3.8) is 0 Å². The third-order valence-electron chi connectivity index (χ3n) is 4.30. The molecule has 0 aliphatic carbocycles. The summed E-state index contributed by atoms with van der Waals surface area (Å²) in [5.41, 5.74) is -0.451. The first-order valence-electron chi connectivity index (χ1n) is 8.07. The molecule has 1 saturated heterocycles. The average Bonchev–Trinajstić information content (AvgIpc) is 2.66. The summed E-state index contributed by atoms with van der Waals surface area (Å²) in [6.07, 6.45) is -7.31. The molecule has 5 atom stereocenters. The number of hydrogen-bond donors (Lipinski definition) is 4. The van der Waals surface area contributed by atoms with Gasteiger partial charge in [-0.2, -0.15) is 0 Å². The van der Waals surface area contributed by atoms with Gasteiger partial charge in [0.25, 0.3) is 0 Å². The van der Waals surface area contributed by atoms with Gasteiger partial charge >= 0.3 is 5.63 Å². The minimum Gasteiger partial charge on any atom is -0.492 e. The number of rotatable bonds is 5. The normalized spacial score (nSPS) is 28.1. The predicted octanol–water partition coefficient (Wildman–Crippen LogP) is -1.01. The van der Waals surface area contributed by atoms with Gasteiger partial charge in [-0.1, -0.05) is 0 Å². The van der Waals surface area contributed by atoms with Gasteiger partial charge in [0.1, 0.15) is 30.0 Å². The van der Waals surface area contributed by atoms with Crippen molar-refractivity contribution < 1.29 is 43.8 Å². The van der Waals surface area contributed by atoms with E-state index in [1.807, 2.05) is 0 Å². The summed E-state index contributed by atoms with van der Waals surface area (Å²) in [6.45, 7) is -0.599. The molecule has 1 aromatic carbocycles. The van der Waals surface area contributed by atoms with Gasteiger partial charge in [0, 0.05) is 12.1 Å². The number of aliphatic hydroxyl groups excluding tert-OH is 4. The topological polar surface area (TPSA) is 148 Å². The summed E-state index contributed by atoms with van der Waals surface area (Å²) in [5.74, 6) is 0.356. The fourth-order valence-electron chi connectivity index (χ4n) is 2.92. The van der Waals surface area contributed by atoms with Gasteiger partial charge in [0.2, 0.25) is 12.0 Å². The summed E-state index contributed by atoms with van der Waals surface area (Å²) < 4.78 is 26.7. The Balaban J connectivity index is 2.04. The Kier molecular flexibility index (Phi) is 5.53. The fourth-order valence-corrected chi connectivity index (χ4v) is 2.92. The van der Waals surface area contributed by atoms with E-state index in [1.54, 1.807) is 0 Å². The molecular weight excluding hydrogens is 364 g/mol. The van der Waals surface area contributed by atoms with Crippen LogP contribution in [0.4, 0.5) is 0 Å². The molecule has 2 heterocycles. The van der Waals surface area contributed by atoms with Gasteiger partial charge in [0.15, 0.2) is 11.5 Å². The van der Waals surface area contributed by atoms with Crippen LogP contribution in [0.5, 0.6) is 17.2 Å². The molecule has 27 heavy (non-hydrogen) atoms. The van der Waals surface area contributed by atoms with Crippen LogP contribution in [0.15, 0.2) is 27.4 Å². The second-order valence-corrected chi connectivity index (χ2v) is 5.92. The van der Waals surface area contributed by atoms with Crippen molar-refractivity contribution in [3.8, 4) is 17.2 Å². The molecule has 3 rings (SSSR count). The molecular formula is C17H20O10. The minimum atomic E-state index is -1.61. The first-order valence-corrected chi connectivity index (χ1v) is 8.07. The van der Waals surface area contributed by atoms with Crippen LogP contribution >= 0.6 is 0 Å². The van der Waals surface area contributed by atoms with E-state index in [0.29, 0.717) is 5.39 Å². The summed E-state index contributed by atoms with van der Waals surface area (Å²) >= 11 is 0. The smallest absolute Gasteiger partial charge is 0.336 e. The molecule has 1 aromatic heterocycles. The number of hydrogen-bond acceptors (Lipinski definition) is 10. The van der Waals surface area contributed by atoms with Crippen LogP contribution < -0.4 is 19.8 Å². The van der Waals surface area contributed by atoms with Crippen molar-refractivity contribution in [2.75, 3.05) is 20.8 Å². The van der Waals surface area contributed by atoms with E-state index >= 15 is 0 Å². The third kappa shape index (κ3) is 3.45. The van der Waals surface area contributed by atoms with Crippen molar-refractivity contribution >= 4 is 11.0 Å². The van der Waals surface area contributed by atoms with E-state index in [0.717, 1.165) is 0 Å². The lowest BCUT2D eigenvalue weighted by atomic mass is 9.99. The second-order valence-electron chi connectivity index (χ2n) is 5.92. The van der Waals surface area contributed by atoms with E-state index < -0.39 is 42.9 Å². The summed E-state index contributed by atoms with van der Waals surface area (Å²) in [5, 5.41) is 39.6. The molecule has 0 unspecified atom stereocenters. The largest absolute Gasteiger partial charge is 0.492 e. The highest BCUT2D eigenvalue weighted by Crippen LogP contribution is 2.44. The monoisotopic (exact) mass is 384 g/mol. The van der Waals surface area contributed by atoms with Crippen LogP contribution in [-0.2, 0) is 4.74 Å². The maximum atomic E-state index is 11.5. The standard InChI is InChI=1S/C17H20O10/c1-23-15-7-3-4-11(19)25-8(7)5-9(16(15)24-2)26-17-14(22)13(21)12(20)10(6-18)27-17/h3-5,10,12-14,17-18,20-22H,6H2,1-2H3/t10-,12-,13+,14-,17-/m1/s1. The number of methoxy groups -OCH3 is 2. The Bertz CT molecular complexity index is 861. The summed E-state index contributed by atoms with van der Waals surface area (Å²) in [7, 11) is 2.75. The number of fused-ring (bicyclic) bond motifs is 1. The van der Waals surface area contributed by atoms with Gasteiger partial charge in [-0.05, 0) is 6.07 Å². The van der Waals surface area contributed by atoms with Gasteiger partial charge in [0.05, 0.1) is 26.2 Å². The SMILES string of the molecule is COc1c(O[C@@H]2O[C@H](CO)[C@@H](O)[C@H](O)[C@H]2O)cc2oc(=O)ccc2c1OC. The Morgan fingerprint density at radius 3 is 2.37 bits per heavy atom. The number of benzene rings is 1. The Labute approximate surface area is 153 Å². The second kappa shape index (κ2) is 7.71. The lowest BCUT2D eigenvalue weighted by Crippen LogP contribution is -2.60. The molecule has 1 aliphatic heterocycles. The zero-order valence-electron chi connectivity index (χ0n) is 14.6. The van der Waals surface area contributed by atoms with Gasteiger partial charge < -0.3 is 43.8 Å². The fraction of sp³-hybridized carbons (Fsp3) is 0.471. The average molecular weight is 384 g/mol. The molecule has 4 N–H and O–H groups in total. The predicted molar refractivity (Wildman–Crippen MR) is 90.0 cm³/mol. The van der Waals surface area contributed by atoms with Gasteiger partial charge in [-0.15, -0.1) is 0 Å². The van der Waals surface area contributed by atoms with E-state index in [2.05, 4.69) is 0 Å². The lowest BCUT2D eigenvalue weighted by molar-refractivity contribution is -0.277. The van der Waals surface area contributed by atoms with E-state index in [-0.39, 0.29) is 22.8 Å². The lowest BCUT2D eigenvalue weighted by Gasteiger charge is -2.39. The first kappa shape index (κ1) is 19.4. The highest BCUT2D eigenvalue weighted by atomic mass is 16.7. The van der Waals surface area contributed by atoms with E-state index in [9.17, 15) is 25.2 Å². The Morgan fingerprint density at radius 2 is 1.74 bits per heavy atom. The van der Waals surface area contributed by atoms with E-state index in [1.165, 1.54) is 32.4 Å². The molecule has 2 aromatic rings. The molecule has 0 spiro atoms. The van der Waals surface area contributed by atoms with Gasteiger partial charge in [-0.3, -0.25) is 0 Å². The molecule has 1 fully saturated rings. The van der Waals surface area contributed by atoms with Crippen LogP contribution in [0.1, 0.15) is 0 Å². The molecule has 0 radical (unpaired) electrons. The quantitative estimate of drug-likeness (QED) is 0.473. The van der Waals surface area contributed by atoms with Gasteiger partial charge in [-0.25, -0.2) is 4.79 Å². The number of ether oxygens (including phenoxy) is 4. The van der Waals surface area contributed by atoms with Crippen LogP contribution in [0.2, 0.25) is 0 Å². The zero-order valence-corrected chi connectivity index (χ0v) is 14.6. The summed E-state index contributed by atoms with van der Waals surface area (Å²) in [4.78, 5) is 11.5. The Hall–Kier alpha value is -2.37. The minimum absolute atomic E-state index is 0.000490. The van der Waals surface area contributed by atoms with Crippen molar-refractivity contribution in [3.05, 3.63) is 28.6 Å². The van der Waals surface area contributed by atoms with Crippen LogP contribution in [0.3, 0.4) is 0 Å². The molecule has 148 valence electrons. The van der Waals surface area contributed by atoms with Crippen LogP contribution in [0, 0.1) is 0 Å². The van der Waals surface area contributed by atoms with Crippen LogP contribution in [0.25, 0.3) is 11.0 Å². The highest BCUT2D eigenvalue weighted by molar-refractivity contribution is 5.89. The van der Waals surface area contributed by atoms with Crippen molar-refractivity contribution in [2.24, 2.45) is 0 Å². The van der Waals surface area contributed by atoms with Crippen molar-refractivity contribution in [1.82, 2.24) is 0 Å². The molecule has 10 nitrogen and oxygen atoms in total. The first-order chi connectivity index (χ1) is 12.9. The molecule has 0 saturated carbocycles. The summed E-state index contributed by atoms with van der Waals surface area (Å²) in [6, 6.07) is 4.07. The molecule has 1 aliphatic rings. The number of aliphatic hydroxyl groups is 4. The molecule has 0 amide bonds. The molecule has 0 bridgehead atoms. The maximum Gasteiger partial charge on any atom is 0.336 e.